The Morgan fingerprint density at radius 3 is 2.88 bits per heavy atom. The molecule has 0 aliphatic carbocycles. The first kappa shape index (κ1) is 10.3. The van der Waals surface area contributed by atoms with E-state index in [-0.39, 0.29) is 0 Å². The molecule has 1 fully saturated rings. The third-order valence-electron chi connectivity index (χ3n) is 2.85. The molecule has 1 aliphatic rings. The fourth-order valence-electron chi connectivity index (χ4n) is 1.97. The molecule has 1 atom stereocenters. The Bertz CT molecular complexity index is 478. The lowest BCUT2D eigenvalue weighted by Crippen LogP contribution is -2.28. The highest BCUT2D eigenvalue weighted by molar-refractivity contribution is 5.40. The Labute approximate surface area is 98.5 Å². The molecule has 1 aliphatic heterocycles. The van der Waals surface area contributed by atoms with E-state index in [9.17, 15) is 0 Å². The molecule has 17 heavy (non-hydrogen) atoms. The van der Waals surface area contributed by atoms with Crippen LogP contribution in [0.4, 0.5) is 0 Å². The molecule has 0 radical (unpaired) electrons. The maximum atomic E-state index is 5.28. The average Bonchev–Trinajstić information content (AvgIpc) is 2.90. The Morgan fingerprint density at radius 1 is 1.24 bits per heavy atom. The van der Waals surface area contributed by atoms with Crippen LogP contribution < -0.4 is 5.32 Å². The highest BCUT2D eigenvalue weighted by Crippen LogP contribution is 2.22. The number of piperidine rings is 1. The zero-order valence-electron chi connectivity index (χ0n) is 9.33. The molecule has 2 aromatic heterocycles. The van der Waals surface area contributed by atoms with E-state index in [4.69, 9.17) is 4.52 Å². The van der Waals surface area contributed by atoms with E-state index in [0.29, 0.717) is 23.5 Å². The van der Waals surface area contributed by atoms with E-state index in [1.165, 1.54) is 0 Å². The van der Waals surface area contributed by atoms with E-state index in [2.05, 4.69) is 25.4 Å². The largest absolute Gasteiger partial charge is 0.339 e. The Kier molecular flexibility index (Phi) is 2.79. The van der Waals surface area contributed by atoms with Crippen molar-refractivity contribution in [3.63, 3.8) is 0 Å². The van der Waals surface area contributed by atoms with Gasteiger partial charge in [-0.1, -0.05) is 5.16 Å². The van der Waals surface area contributed by atoms with Crippen LogP contribution in [0.15, 0.2) is 23.0 Å². The summed E-state index contributed by atoms with van der Waals surface area (Å²) in [6, 6.07) is 1.76. The van der Waals surface area contributed by atoms with Gasteiger partial charge in [0.15, 0.2) is 0 Å². The van der Waals surface area contributed by atoms with E-state index < -0.39 is 0 Å². The topological polar surface area (TPSA) is 76.7 Å². The van der Waals surface area contributed by atoms with Gasteiger partial charge >= 0.3 is 0 Å². The molecule has 0 saturated carbocycles. The predicted octanol–water partition coefficient (Wildman–Crippen LogP) is 0.994. The Hall–Kier alpha value is -1.82. The molecule has 1 saturated heterocycles. The summed E-state index contributed by atoms with van der Waals surface area (Å²) in [4.78, 5) is 12.6. The van der Waals surface area contributed by atoms with Crippen LogP contribution in [0.25, 0.3) is 11.6 Å². The summed E-state index contributed by atoms with van der Waals surface area (Å²) in [6.45, 7) is 1.97. The monoisotopic (exact) mass is 231 g/mol. The predicted molar refractivity (Wildman–Crippen MR) is 60.2 cm³/mol. The van der Waals surface area contributed by atoms with Crippen molar-refractivity contribution < 1.29 is 4.52 Å². The molecule has 0 amide bonds. The molecule has 0 spiro atoms. The fourth-order valence-corrected chi connectivity index (χ4v) is 1.97. The molecule has 0 unspecified atom stereocenters. The van der Waals surface area contributed by atoms with Gasteiger partial charge in [0.1, 0.15) is 0 Å². The van der Waals surface area contributed by atoms with Crippen molar-refractivity contribution in [2.45, 2.75) is 18.8 Å². The Balaban J connectivity index is 1.83. The first-order valence-electron chi connectivity index (χ1n) is 5.75. The van der Waals surface area contributed by atoms with E-state index in [0.717, 1.165) is 25.9 Å². The van der Waals surface area contributed by atoms with Gasteiger partial charge in [-0.05, 0) is 25.5 Å². The van der Waals surface area contributed by atoms with Crippen molar-refractivity contribution in [1.29, 1.82) is 0 Å². The molecule has 1 N–H and O–H groups in total. The fraction of sp³-hybridized carbons (Fsp3) is 0.455. The van der Waals surface area contributed by atoms with Crippen LogP contribution in [0.3, 0.4) is 0 Å². The molecular weight excluding hydrogens is 218 g/mol. The summed E-state index contributed by atoms with van der Waals surface area (Å²) < 4.78 is 5.28. The standard InChI is InChI=1S/C11H13N5O/c1-3-8(7-12-4-1)11-15-10(16-17-11)9-13-5-2-6-14-9/h2,5-6,8,12H,1,3-4,7H2/t8-/m0/s1. The lowest BCUT2D eigenvalue weighted by molar-refractivity contribution is 0.322. The lowest BCUT2D eigenvalue weighted by atomic mass is 10.00. The minimum absolute atomic E-state index is 0.314. The van der Waals surface area contributed by atoms with Gasteiger partial charge in [-0.15, -0.1) is 0 Å². The third kappa shape index (κ3) is 2.16. The molecule has 6 nitrogen and oxygen atoms in total. The summed E-state index contributed by atoms with van der Waals surface area (Å²) in [7, 11) is 0. The van der Waals surface area contributed by atoms with Crippen molar-refractivity contribution in [3.05, 3.63) is 24.4 Å². The summed E-state index contributed by atoms with van der Waals surface area (Å²) in [5, 5.41) is 7.25. The van der Waals surface area contributed by atoms with E-state index >= 15 is 0 Å². The minimum Gasteiger partial charge on any atom is -0.339 e. The second kappa shape index (κ2) is 4.58. The average molecular weight is 231 g/mol. The number of rotatable bonds is 2. The second-order valence-corrected chi connectivity index (χ2v) is 4.07. The highest BCUT2D eigenvalue weighted by Gasteiger charge is 2.22. The van der Waals surface area contributed by atoms with Crippen molar-refractivity contribution in [1.82, 2.24) is 25.4 Å². The van der Waals surface area contributed by atoms with Gasteiger partial charge in [-0.2, -0.15) is 4.98 Å². The SMILES string of the molecule is c1cnc(-c2noc([C@H]3CCCNC3)n2)nc1. The smallest absolute Gasteiger partial charge is 0.240 e. The van der Waals surface area contributed by atoms with Gasteiger partial charge in [0.25, 0.3) is 0 Å². The van der Waals surface area contributed by atoms with Crippen molar-refractivity contribution in [2.75, 3.05) is 13.1 Å². The van der Waals surface area contributed by atoms with Gasteiger partial charge in [-0.25, -0.2) is 9.97 Å². The first-order valence-corrected chi connectivity index (χ1v) is 5.75. The van der Waals surface area contributed by atoms with Gasteiger partial charge in [0.05, 0.1) is 5.92 Å². The van der Waals surface area contributed by atoms with Crippen LogP contribution in [0.2, 0.25) is 0 Å². The molecule has 6 heteroatoms. The molecule has 88 valence electrons. The first-order chi connectivity index (χ1) is 8.43. The van der Waals surface area contributed by atoms with Crippen LogP contribution in [0.5, 0.6) is 0 Å². The Morgan fingerprint density at radius 2 is 2.12 bits per heavy atom. The number of nitrogens with one attached hydrogen (secondary N) is 1. The number of nitrogens with zero attached hydrogens (tertiary/aromatic N) is 4. The van der Waals surface area contributed by atoms with Gasteiger partial charge in [0.2, 0.25) is 17.5 Å². The van der Waals surface area contributed by atoms with Crippen LogP contribution in [0, 0.1) is 0 Å². The highest BCUT2D eigenvalue weighted by atomic mass is 16.5. The van der Waals surface area contributed by atoms with Crippen LogP contribution in [-0.4, -0.2) is 33.2 Å². The summed E-state index contributed by atoms with van der Waals surface area (Å²) in [6.07, 6.45) is 5.57. The lowest BCUT2D eigenvalue weighted by Gasteiger charge is -2.18. The zero-order chi connectivity index (χ0) is 11.5. The van der Waals surface area contributed by atoms with Crippen LogP contribution >= 0.6 is 0 Å². The maximum absolute atomic E-state index is 5.28. The van der Waals surface area contributed by atoms with Crippen LogP contribution in [-0.2, 0) is 0 Å². The normalized spacial score (nSPS) is 20.4. The van der Waals surface area contributed by atoms with Crippen molar-refractivity contribution in [3.8, 4) is 11.6 Å². The molecular formula is C11H13N5O. The van der Waals surface area contributed by atoms with Crippen LogP contribution in [0.1, 0.15) is 24.7 Å². The van der Waals surface area contributed by atoms with Gasteiger partial charge < -0.3 is 9.84 Å². The molecule has 0 aromatic carbocycles. The summed E-state index contributed by atoms with van der Waals surface area (Å²) in [5.74, 6) is 1.96. The maximum Gasteiger partial charge on any atom is 0.240 e. The van der Waals surface area contributed by atoms with Gasteiger partial charge in [0, 0.05) is 18.9 Å². The van der Waals surface area contributed by atoms with Crippen molar-refractivity contribution >= 4 is 0 Å². The van der Waals surface area contributed by atoms with Gasteiger partial charge in [-0.3, -0.25) is 0 Å². The number of aromatic nitrogens is 4. The summed E-state index contributed by atoms with van der Waals surface area (Å²) in [5.41, 5.74) is 0. The minimum atomic E-state index is 0.314. The molecule has 3 heterocycles. The zero-order valence-corrected chi connectivity index (χ0v) is 9.33. The third-order valence-corrected chi connectivity index (χ3v) is 2.85. The van der Waals surface area contributed by atoms with E-state index in [1.54, 1.807) is 18.5 Å². The van der Waals surface area contributed by atoms with Crippen molar-refractivity contribution in [2.24, 2.45) is 0 Å². The molecule has 2 aromatic rings. The second-order valence-electron chi connectivity index (χ2n) is 4.07. The molecule has 3 rings (SSSR count). The number of hydrogen-bond donors (Lipinski definition) is 1. The summed E-state index contributed by atoms with van der Waals surface area (Å²) >= 11 is 0. The molecule has 0 bridgehead atoms. The number of hydrogen-bond acceptors (Lipinski definition) is 6. The quantitative estimate of drug-likeness (QED) is 0.830. The van der Waals surface area contributed by atoms with E-state index in [1.807, 2.05) is 0 Å².